The van der Waals surface area contributed by atoms with Crippen LogP contribution >= 0.6 is 11.6 Å². The molecule has 1 aromatic heterocycles. The standard InChI is InChI=1S/C19H15ClN2O4/c1-12-11-17(23)18(21-22(12)14-5-3-13(20)4-6-14)19(24)26-16-9-7-15(25-2)8-10-16/h3-11H,1-2H3. The van der Waals surface area contributed by atoms with E-state index in [1.54, 1.807) is 55.5 Å². The van der Waals surface area contributed by atoms with Crippen LogP contribution in [0.1, 0.15) is 16.2 Å². The SMILES string of the molecule is COc1ccc(OC(=O)c2nn(-c3ccc(Cl)cc3)c(C)cc2=O)cc1. The summed E-state index contributed by atoms with van der Waals surface area (Å²) < 4.78 is 11.8. The van der Waals surface area contributed by atoms with Gasteiger partial charge in [-0.15, -0.1) is 0 Å². The Morgan fingerprint density at radius 3 is 2.27 bits per heavy atom. The van der Waals surface area contributed by atoms with Crippen molar-refractivity contribution in [2.24, 2.45) is 0 Å². The molecule has 132 valence electrons. The molecular formula is C19H15ClN2O4. The van der Waals surface area contributed by atoms with Crippen LogP contribution in [-0.2, 0) is 0 Å². The van der Waals surface area contributed by atoms with Gasteiger partial charge >= 0.3 is 5.97 Å². The van der Waals surface area contributed by atoms with Gasteiger partial charge in [0, 0.05) is 16.8 Å². The quantitative estimate of drug-likeness (QED) is 0.520. The third-order valence-corrected chi connectivity index (χ3v) is 3.89. The number of ether oxygens (including phenoxy) is 2. The second-order valence-corrected chi connectivity index (χ2v) is 5.89. The van der Waals surface area contributed by atoms with Gasteiger partial charge in [-0.1, -0.05) is 11.6 Å². The van der Waals surface area contributed by atoms with Crippen LogP contribution < -0.4 is 14.9 Å². The summed E-state index contributed by atoms with van der Waals surface area (Å²) in [5, 5.41) is 4.74. The predicted molar refractivity (Wildman–Crippen MR) is 97.5 cm³/mol. The molecule has 6 nitrogen and oxygen atoms in total. The number of hydrogen-bond donors (Lipinski definition) is 0. The number of hydrogen-bond acceptors (Lipinski definition) is 5. The Hall–Kier alpha value is -3.12. The van der Waals surface area contributed by atoms with Crippen molar-refractivity contribution in [1.29, 1.82) is 0 Å². The average molecular weight is 371 g/mol. The molecule has 2 aromatic carbocycles. The molecule has 0 N–H and O–H groups in total. The molecule has 0 fully saturated rings. The molecule has 0 radical (unpaired) electrons. The molecule has 0 atom stereocenters. The summed E-state index contributed by atoms with van der Waals surface area (Å²) in [6, 6.07) is 14.7. The first-order valence-corrected chi connectivity index (χ1v) is 8.09. The number of benzene rings is 2. The number of aromatic nitrogens is 2. The molecule has 0 amide bonds. The summed E-state index contributed by atoms with van der Waals surface area (Å²) in [5.74, 6) is 0.0850. The molecule has 1 heterocycles. The Bertz CT molecular complexity index is 996. The van der Waals surface area contributed by atoms with Gasteiger partial charge in [-0.3, -0.25) is 4.79 Å². The second kappa shape index (κ2) is 7.41. The first kappa shape index (κ1) is 17.7. The van der Waals surface area contributed by atoms with E-state index >= 15 is 0 Å². The number of esters is 1. The topological polar surface area (TPSA) is 70.4 Å². The number of aryl methyl sites for hydroxylation is 1. The van der Waals surface area contributed by atoms with E-state index in [1.807, 2.05) is 0 Å². The monoisotopic (exact) mass is 370 g/mol. The van der Waals surface area contributed by atoms with Gasteiger partial charge < -0.3 is 9.47 Å². The maximum atomic E-state index is 12.4. The first-order chi connectivity index (χ1) is 12.5. The minimum absolute atomic E-state index is 0.288. The van der Waals surface area contributed by atoms with Crippen LogP contribution in [-0.4, -0.2) is 22.9 Å². The molecule has 3 rings (SSSR count). The van der Waals surface area contributed by atoms with Gasteiger partial charge in [-0.25, -0.2) is 9.48 Å². The zero-order chi connectivity index (χ0) is 18.7. The van der Waals surface area contributed by atoms with Gasteiger partial charge in [-0.2, -0.15) is 5.10 Å². The summed E-state index contributed by atoms with van der Waals surface area (Å²) in [6.07, 6.45) is 0. The van der Waals surface area contributed by atoms with Crippen LogP contribution in [0.3, 0.4) is 0 Å². The Morgan fingerprint density at radius 2 is 1.65 bits per heavy atom. The van der Waals surface area contributed by atoms with Crippen molar-refractivity contribution >= 4 is 17.6 Å². The fourth-order valence-electron chi connectivity index (χ4n) is 2.33. The zero-order valence-electron chi connectivity index (χ0n) is 14.1. The second-order valence-electron chi connectivity index (χ2n) is 5.45. The summed E-state index contributed by atoms with van der Waals surface area (Å²) >= 11 is 5.90. The van der Waals surface area contributed by atoms with E-state index in [4.69, 9.17) is 21.1 Å². The molecule has 0 saturated heterocycles. The van der Waals surface area contributed by atoms with Crippen molar-refractivity contribution in [3.8, 4) is 17.2 Å². The van der Waals surface area contributed by atoms with E-state index in [0.29, 0.717) is 22.2 Å². The summed E-state index contributed by atoms with van der Waals surface area (Å²) in [5.41, 5.74) is 0.441. The number of carbonyl (C=O) groups is 1. The lowest BCUT2D eigenvalue weighted by atomic mass is 10.3. The number of nitrogens with zero attached hydrogens (tertiary/aromatic N) is 2. The number of methoxy groups -OCH3 is 1. The predicted octanol–water partition coefficient (Wildman–Crippen LogP) is 3.42. The fraction of sp³-hybridized carbons (Fsp3) is 0.105. The van der Waals surface area contributed by atoms with Crippen LogP contribution in [0.4, 0.5) is 0 Å². The van der Waals surface area contributed by atoms with Gasteiger partial charge in [-0.05, 0) is 55.5 Å². The van der Waals surface area contributed by atoms with Crippen LogP contribution in [0.5, 0.6) is 11.5 Å². The fourth-order valence-corrected chi connectivity index (χ4v) is 2.46. The van der Waals surface area contributed by atoms with Crippen molar-refractivity contribution in [3.63, 3.8) is 0 Å². The summed E-state index contributed by atoms with van der Waals surface area (Å²) in [7, 11) is 1.54. The number of rotatable bonds is 4. The highest BCUT2D eigenvalue weighted by molar-refractivity contribution is 6.30. The van der Waals surface area contributed by atoms with Crippen LogP contribution in [0.25, 0.3) is 5.69 Å². The molecule has 0 aliphatic rings. The minimum Gasteiger partial charge on any atom is -0.497 e. The summed E-state index contributed by atoms with van der Waals surface area (Å²) in [6.45, 7) is 1.72. The Balaban J connectivity index is 1.93. The van der Waals surface area contributed by atoms with Crippen molar-refractivity contribution < 1.29 is 14.3 Å². The number of halogens is 1. The van der Waals surface area contributed by atoms with E-state index in [-0.39, 0.29) is 11.4 Å². The van der Waals surface area contributed by atoms with Gasteiger partial charge in [0.05, 0.1) is 12.8 Å². The third kappa shape index (κ3) is 3.75. The molecule has 26 heavy (non-hydrogen) atoms. The Labute approximate surface area is 154 Å². The molecule has 0 aliphatic heterocycles. The highest BCUT2D eigenvalue weighted by Gasteiger charge is 2.17. The van der Waals surface area contributed by atoms with Gasteiger partial charge in [0.15, 0.2) is 0 Å². The molecule has 3 aromatic rings. The van der Waals surface area contributed by atoms with Crippen molar-refractivity contribution in [2.75, 3.05) is 7.11 Å². The normalized spacial score (nSPS) is 10.4. The van der Waals surface area contributed by atoms with E-state index in [0.717, 1.165) is 0 Å². The minimum atomic E-state index is -0.831. The highest BCUT2D eigenvalue weighted by atomic mass is 35.5. The largest absolute Gasteiger partial charge is 0.497 e. The molecule has 0 spiro atoms. The maximum absolute atomic E-state index is 12.4. The Morgan fingerprint density at radius 1 is 1.04 bits per heavy atom. The molecule has 0 saturated carbocycles. The van der Waals surface area contributed by atoms with Crippen LogP contribution in [0, 0.1) is 6.92 Å². The molecule has 0 bridgehead atoms. The highest BCUT2D eigenvalue weighted by Crippen LogP contribution is 2.18. The molecule has 0 unspecified atom stereocenters. The lowest BCUT2D eigenvalue weighted by molar-refractivity contribution is 0.0725. The molecule has 7 heteroatoms. The van der Waals surface area contributed by atoms with E-state index < -0.39 is 11.4 Å². The van der Waals surface area contributed by atoms with Crippen molar-refractivity contribution in [1.82, 2.24) is 9.78 Å². The van der Waals surface area contributed by atoms with E-state index in [1.165, 1.54) is 17.9 Å². The number of carbonyl (C=O) groups excluding carboxylic acids is 1. The van der Waals surface area contributed by atoms with Crippen molar-refractivity contribution in [2.45, 2.75) is 6.92 Å². The van der Waals surface area contributed by atoms with E-state index in [9.17, 15) is 9.59 Å². The van der Waals surface area contributed by atoms with Crippen LogP contribution in [0.15, 0.2) is 59.4 Å². The first-order valence-electron chi connectivity index (χ1n) is 7.71. The average Bonchev–Trinajstić information content (AvgIpc) is 2.63. The smallest absolute Gasteiger partial charge is 0.368 e. The Kier molecular flexibility index (Phi) is 5.04. The van der Waals surface area contributed by atoms with Gasteiger partial charge in [0.25, 0.3) is 0 Å². The molecular weight excluding hydrogens is 356 g/mol. The summed E-state index contributed by atoms with van der Waals surface area (Å²) in [4.78, 5) is 24.6. The maximum Gasteiger partial charge on any atom is 0.368 e. The van der Waals surface area contributed by atoms with Crippen LogP contribution in [0.2, 0.25) is 5.02 Å². The lowest BCUT2D eigenvalue weighted by Crippen LogP contribution is -2.25. The third-order valence-electron chi connectivity index (χ3n) is 3.64. The van der Waals surface area contributed by atoms with Crippen molar-refractivity contribution in [3.05, 3.63) is 81.2 Å². The zero-order valence-corrected chi connectivity index (χ0v) is 14.9. The van der Waals surface area contributed by atoms with E-state index in [2.05, 4.69) is 5.10 Å². The molecule has 0 aliphatic carbocycles. The van der Waals surface area contributed by atoms with Gasteiger partial charge in [0.1, 0.15) is 11.5 Å². The lowest BCUT2D eigenvalue weighted by Gasteiger charge is -2.11. The van der Waals surface area contributed by atoms with Gasteiger partial charge in [0.2, 0.25) is 11.1 Å².